The Morgan fingerprint density at radius 2 is 2.31 bits per heavy atom. The highest BCUT2D eigenvalue weighted by Gasteiger charge is 2.22. The zero-order valence-electron chi connectivity index (χ0n) is 9.30. The van der Waals surface area contributed by atoms with E-state index in [1.165, 1.54) is 0 Å². The van der Waals surface area contributed by atoms with Crippen molar-refractivity contribution in [2.75, 3.05) is 13.2 Å². The summed E-state index contributed by atoms with van der Waals surface area (Å²) in [6.07, 6.45) is 2.27. The van der Waals surface area contributed by atoms with E-state index < -0.39 is 0 Å². The van der Waals surface area contributed by atoms with Crippen molar-refractivity contribution in [3.05, 3.63) is 29.8 Å². The van der Waals surface area contributed by atoms with E-state index in [2.05, 4.69) is 0 Å². The van der Waals surface area contributed by atoms with Crippen molar-refractivity contribution in [1.29, 1.82) is 0 Å². The molecule has 88 valence electrons. The molecule has 1 aliphatic rings. The number of hydrogen-bond acceptors (Lipinski definition) is 3. The first kappa shape index (κ1) is 11.4. The number of ether oxygens (including phenoxy) is 1. The van der Waals surface area contributed by atoms with Crippen LogP contribution in [0.2, 0.25) is 0 Å². The Labute approximate surface area is 95.7 Å². The van der Waals surface area contributed by atoms with Gasteiger partial charge in [0.1, 0.15) is 5.75 Å². The second-order valence-corrected chi connectivity index (χ2v) is 4.42. The van der Waals surface area contributed by atoms with Gasteiger partial charge < -0.3 is 14.9 Å². The Morgan fingerprint density at radius 1 is 1.44 bits per heavy atom. The summed E-state index contributed by atoms with van der Waals surface area (Å²) in [4.78, 5) is 0. The van der Waals surface area contributed by atoms with E-state index in [0.29, 0.717) is 13.0 Å². The molecule has 0 radical (unpaired) electrons. The van der Waals surface area contributed by atoms with Gasteiger partial charge in [0.2, 0.25) is 0 Å². The van der Waals surface area contributed by atoms with Crippen molar-refractivity contribution in [2.24, 2.45) is 5.92 Å². The zero-order valence-corrected chi connectivity index (χ0v) is 9.30. The average Bonchev–Trinajstić information content (AvgIpc) is 2.30. The number of rotatable bonds is 3. The highest BCUT2D eigenvalue weighted by molar-refractivity contribution is 5.27. The molecule has 16 heavy (non-hydrogen) atoms. The number of phenols is 1. The lowest BCUT2D eigenvalue weighted by Gasteiger charge is -2.26. The van der Waals surface area contributed by atoms with Crippen LogP contribution in [0.25, 0.3) is 0 Å². The first-order valence-corrected chi connectivity index (χ1v) is 5.79. The quantitative estimate of drug-likeness (QED) is 0.818. The van der Waals surface area contributed by atoms with Crippen LogP contribution in [0.5, 0.6) is 5.75 Å². The summed E-state index contributed by atoms with van der Waals surface area (Å²) < 4.78 is 5.36. The van der Waals surface area contributed by atoms with E-state index in [4.69, 9.17) is 4.74 Å². The molecule has 2 N–H and O–H groups in total. The van der Waals surface area contributed by atoms with Gasteiger partial charge in [0, 0.05) is 12.5 Å². The van der Waals surface area contributed by atoms with Gasteiger partial charge in [0.15, 0.2) is 0 Å². The molecule has 1 fully saturated rings. The zero-order chi connectivity index (χ0) is 11.4. The van der Waals surface area contributed by atoms with Gasteiger partial charge in [-0.1, -0.05) is 12.1 Å². The van der Waals surface area contributed by atoms with Crippen LogP contribution in [-0.4, -0.2) is 29.5 Å². The monoisotopic (exact) mass is 222 g/mol. The predicted octanol–water partition coefficient (Wildman–Crippen LogP) is 1.72. The molecule has 2 atom stereocenters. The Hall–Kier alpha value is -1.06. The number of aliphatic hydroxyl groups is 1. The van der Waals surface area contributed by atoms with Crippen LogP contribution in [0, 0.1) is 5.92 Å². The molecule has 0 aliphatic carbocycles. The lowest BCUT2D eigenvalue weighted by Crippen LogP contribution is -2.30. The topological polar surface area (TPSA) is 49.7 Å². The standard InChI is InChI=1S/C13H18O3/c14-12-5-1-3-10(7-12)8-13(15)11-4-2-6-16-9-11/h1,3,5,7,11,13-15H,2,4,6,8-9H2. The van der Waals surface area contributed by atoms with Crippen LogP contribution in [0.4, 0.5) is 0 Å². The maximum atomic E-state index is 10.1. The molecule has 0 aromatic heterocycles. The maximum absolute atomic E-state index is 10.1. The van der Waals surface area contributed by atoms with E-state index in [-0.39, 0.29) is 17.8 Å². The van der Waals surface area contributed by atoms with Gasteiger partial charge in [-0.15, -0.1) is 0 Å². The number of benzene rings is 1. The molecule has 1 aromatic rings. The molecule has 1 heterocycles. The van der Waals surface area contributed by atoms with Crippen molar-refractivity contribution in [3.8, 4) is 5.75 Å². The van der Waals surface area contributed by atoms with Gasteiger partial charge in [0.05, 0.1) is 12.7 Å². The Kier molecular flexibility index (Phi) is 3.80. The van der Waals surface area contributed by atoms with Crippen molar-refractivity contribution in [2.45, 2.75) is 25.4 Å². The summed E-state index contributed by atoms with van der Waals surface area (Å²) in [5.74, 6) is 0.487. The normalized spacial score (nSPS) is 22.9. The van der Waals surface area contributed by atoms with Crippen molar-refractivity contribution in [1.82, 2.24) is 0 Å². The van der Waals surface area contributed by atoms with Crippen LogP contribution in [0.15, 0.2) is 24.3 Å². The molecular formula is C13H18O3. The number of aromatic hydroxyl groups is 1. The Balaban J connectivity index is 1.93. The van der Waals surface area contributed by atoms with Crippen molar-refractivity contribution >= 4 is 0 Å². The lowest BCUT2D eigenvalue weighted by molar-refractivity contribution is -0.00847. The third-order valence-corrected chi connectivity index (χ3v) is 3.10. The second kappa shape index (κ2) is 5.32. The van der Waals surface area contributed by atoms with Gasteiger partial charge >= 0.3 is 0 Å². The van der Waals surface area contributed by atoms with Crippen molar-refractivity contribution < 1.29 is 14.9 Å². The third-order valence-electron chi connectivity index (χ3n) is 3.10. The lowest BCUT2D eigenvalue weighted by atomic mass is 9.91. The molecule has 0 amide bonds. The van der Waals surface area contributed by atoms with E-state index >= 15 is 0 Å². The molecular weight excluding hydrogens is 204 g/mol. The van der Waals surface area contributed by atoms with E-state index in [9.17, 15) is 10.2 Å². The summed E-state index contributed by atoms with van der Waals surface area (Å²) in [5.41, 5.74) is 0.970. The van der Waals surface area contributed by atoms with Crippen LogP contribution in [-0.2, 0) is 11.2 Å². The van der Waals surface area contributed by atoms with Gasteiger partial charge in [-0.25, -0.2) is 0 Å². The van der Waals surface area contributed by atoms with E-state index in [1.54, 1.807) is 18.2 Å². The SMILES string of the molecule is Oc1cccc(CC(O)C2CCCOC2)c1. The fourth-order valence-electron chi connectivity index (χ4n) is 2.16. The van der Waals surface area contributed by atoms with Crippen LogP contribution in [0.1, 0.15) is 18.4 Å². The summed E-state index contributed by atoms with van der Waals surface area (Å²) >= 11 is 0. The van der Waals surface area contributed by atoms with Crippen LogP contribution < -0.4 is 0 Å². The number of aliphatic hydroxyl groups excluding tert-OH is 1. The molecule has 2 rings (SSSR count). The molecule has 3 heteroatoms. The van der Waals surface area contributed by atoms with Crippen LogP contribution in [0.3, 0.4) is 0 Å². The molecule has 1 aromatic carbocycles. The van der Waals surface area contributed by atoms with Gasteiger partial charge in [0.25, 0.3) is 0 Å². The number of phenolic OH excluding ortho intramolecular Hbond substituents is 1. The second-order valence-electron chi connectivity index (χ2n) is 4.42. The smallest absolute Gasteiger partial charge is 0.115 e. The molecule has 0 saturated carbocycles. The first-order valence-electron chi connectivity index (χ1n) is 5.79. The van der Waals surface area contributed by atoms with E-state index in [0.717, 1.165) is 25.0 Å². The van der Waals surface area contributed by atoms with Crippen molar-refractivity contribution in [3.63, 3.8) is 0 Å². The van der Waals surface area contributed by atoms with Gasteiger partial charge in [-0.3, -0.25) is 0 Å². The van der Waals surface area contributed by atoms with Gasteiger partial charge in [-0.05, 0) is 37.0 Å². The molecule has 0 spiro atoms. The molecule has 0 bridgehead atoms. The maximum Gasteiger partial charge on any atom is 0.115 e. The van der Waals surface area contributed by atoms with Gasteiger partial charge in [-0.2, -0.15) is 0 Å². The number of hydrogen-bond donors (Lipinski definition) is 2. The largest absolute Gasteiger partial charge is 0.508 e. The molecule has 1 aliphatic heterocycles. The summed E-state index contributed by atoms with van der Waals surface area (Å²) in [5, 5.41) is 19.4. The van der Waals surface area contributed by atoms with Crippen LogP contribution >= 0.6 is 0 Å². The molecule has 2 unspecified atom stereocenters. The average molecular weight is 222 g/mol. The fourth-order valence-corrected chi connectivity index (χ4v) is 2.16. The summed E-state index contributed by atoms with van der Waals surface area (Å²) in [6, 6.07) is 7.06. The Morgan fingerprint density at radius 3 is 3.00 bits per heavy atom. The molecule has 1 saturated heterocycles. The van der Waals surface area contributed by atoms with E-state index in [1.807, 2.05) is 6.07 Å². The minimum absolute atomic E-state index is 0.232. The first-order chi connectivity index (χ1) is 7.75. The predicted molar refractivity (Wildman–Crippen MR) is 61.4 cm³/mol. The summed E-state index contributed by atoms with van der Waals surface area (Å²) in [6.45, 7) is 1.47. The highest BCUT2D eigenvalue weighted by atomic mass is 16.5. The fraction of sp³-hybridized carbons (Fsp3) is 0.538. The minimum Gasteiger partial charge on any atom is -0.508 e. The molecule has 3 nitrogen and oxygen atoms in total. The highest BCUT2D eigenvalue weighted by Crippen LogP contribution is 2.21. The third kappa shape index (κ3) is 2.97. The Bertz CT molecular complexity index is 332. The minimum atomic E-state index is -0.373. The summed E-state index contributed by atoms with van der Waals surface area (Å²) in [7, 11) is 0.